The third-order valence-electron chi connectivity index (χ3n) is 1.52. The van der Waals surface area contributed by atoms with E-state index in [9.17, 15) is 4.79 Å². The molecule has 0 N–H and O–H groups in total. The van der Waals surface area contributed by atoms with Gasteiger partial charge in [0.15, 0.2) is 0 Å². The van der Waals surface area contributed by atoms with Gasteiger partial charge in [0.1, 0.15) is 5.78 Å². The first kappa shape index (κ1) is 11.0. The van der Waals surface area contributed by atoms with Gasteiger partial charge < -0.3 is 4.79 Å². The quantitative estimate of drug-likeness (QED) is 0.461. The first-order valence-electron chi connectivity index (χ1n) is 4.25. The molecule has 1 heteroatoms. The van der Waals surface area contributed by atoms with Crippen LogP contribution in [0.5, 0.6) is 0 Å². The second-order valence-corrected chi connectivity index (χ2v) is 2.96. The van der Waals surface area contributed by atoms with Gasteiger partial charge in [-0.1, -0.05) is 24.8 Å². The Morgan fingerprint density at radius 1 is 1.67 bits per heavy atom. The molecule has 0 aliphatic rings. The van der Waals surface area contributed by atoms with E-state index in [1.807, 2.05) is 6.92 Å². The standard InChI is InChI=1S/C11H16O/c1-4-5-6-7-10(2)8-9-11(3)12/h4,10H,1,5,8-9H2,2-3H3. The smallest absolute Gasteiger partial charge is 0.129 e. The van der Waals surface area contributed by atoms with Gasteiger partial charge in [-0.15, -0.1) is 6.58 Å². The lowest BCUT2D eigenvalue weighted by atomic mass is 10.0. The van der Waals surface area contributed by atoms with Crippen molar-refractivity contribution >= 4 is 5.78 Å². The third kappa shape index (κ3) is 7.08. The van der Waals surface area contributed by atoms with E-state index in [0.29, 0.717) is 12.3 Å². The van der Waals surface area contributed by atoms with Crippen LogP contribution in [0.2, 0.25) is 0 Å². The summed E-state index contributed by atoms with van der Waals surface area (Å²) in [5.74, 6) is 6.62. The van der Waals surface area contributed by atoms with Crippen molar-refractivity contribution in [3.05, 3.63) is 12.7 Å². The zero-order valence-corrected chi connectivity index (χ0v) is 7.89. The van der Waals surface area contributed by atoms with Crippen LogP contribution < -0.4 is 0 Å². The fourth-order valence-corrected chi connectivity index (χ4v) is 0.797. The van der Waals surface area contributed by atoms with Crippen molar-refractivity contribution in [2.75, 3.05) is 0 Å². The van der Waals surface area contributed by atoms with Crippen LogP contribution in [0.15, 0.2) is 12.7 Å². The molecule has 0 amide bonds. The van der Waals surface area contributed by atoms with Crippen molar-refractivity contribution in [2.24, 2.45) is 5.92 Å². The van der Waals surface area contributed by atoms with Gasteiger partial charge in [0.25, 0.3) is 0 Å². The van der Waals surface area contributed by atoms with Gasteiger partial charge in [-0.2, -0.15) is 0 Å². The number of rotatable bonds is 4. The Balaban J connectivity index is 3.60. The van der Waals surface area contributed by atoms with Crippen LogP contribution >= 0.6 is 0 Å². The van der Waals surface area contributed by atoms with Gasteiger partial charge in [-0.25, -0.2) is 0 Å². The number of carbonyl (C=O) groups excluding carboxylic acids is 1. The van der Waals surface area contributed by atoms with E-state index in [-0.39, 0.29) is 5.78 Å². The van der Waals surface area contributed by atoms with Crippen LogP contribution in [0.3, 0.4) is 0 Å². The molecule has 0 fully saturated rings. The van der Waals surface area contributed by atoms with Crippen molar-refractivity contribution in [3.63, 3.8) is 0 Å². The van der Waals surface area contributed by atoms with E-state index in [1.165, 1.54) is 0 Å². The predicted octanol–water partition coefficient (Wildman–Crippen LogP) is 2.57. The first-order valence-corrected chi connectivity index (χ1v) is 4.25. The molecule has 0 saturated carbocycles. The summed E-state index contributed by atoms with van der Waals surface area (Å²) in [5.41, 5.74) is 0. The molecule has 0 aliphatic heterocycles. The second kappa shape index (κ2) is 6.67. The summed E-state index contributed by atoms with van der Waals surface area (Å²) in [6.45, 7) is 7.23. The highest BCUT2D eigenvalue weighted by Gasteiger charge is 1.98. The SMILES string of the molecule is C=CCC#CC(C)CCC(C)=O. The maximum Gasteiger partial charge on any atom is 0.129 e. The average Bonchev–Trinajstić information content (AvgIpc) is 2.01. The fourth-order valence-electron chi connectivity index (χ4n) is 0.797. The Bertz CT molecular complexity index is 205. The summed E-state index contributed by atoms with van der Waals surface area (Å²) in [4.78, 5) is 10.6. The first-order chi connectivity index (χ1) is 5.66. The number of hydrogen-bond donors (Lipinski definition) is 0. The summed E-state index contributed by atoms with van der Waals surface area (Å²) >= 11 is 0. The summed E-state index contributed by atoms with van der Waals surface area (Å²) in [6.07, 6.45) is 4.04. The van der Waals surface area contributed by atoms with Crippen LogP contribution in [-0.4, -0.2) is 5.78 Å². The molecule has 1 atom stereocenters. The van der Waals surface area contributed by atoms with Crippen molar-refractivity contribution in [2.45, 2.75) is 33.1 Å². The van der Waals surface area contributed by atoms with E-state index in [2.05, 4.69) is 18.4 Å². The minimum atomic E-state index is 0.243. The Morgan fingerprint density at radius 3 is 2.83 bits per heavy atom. The highest BCUT2D eigenvalue weighted by atomic mass is 16.1. The molecule has 0 rings (SSSR count). The number of hydrogen-bond acceptors (Lipinski definition) is 1. The van der Waals surface area contributed by atoms with Crippen LogP contribution in [0.25, 0.3) is 0 Å². The lowest BCUT2D eigenvalue weighted by molar-refractivity contribution is -0.117. The number of ketones is 1. The van der Waals surface area contributed by atoms with Crippen molar-refractivity contribution < 1.29 is 4.79 Å². The zero-order chi connectivity index (χ0) is 9.40. The molecule has 0 spiro atoms. The number of Topliss-reactive ketones (excluding diaryl/α,β-unsaturated/α-hetero) is 1. The molecule has 1 nitrogen and oxygen atoms in total. The highest BCUT2D eigenvalue weighted by Crippen LogP contribution is 2.03. The van der Waals surface area contributed by atoms with Crippen molar-refractivity contribution in [1.82, 2.24) is 0 Å². The summed E-state index contributed by atoms with van der Waals surface area (Å²) in [7, 11) is 0. The highest BCUT2D eigenvalue weighted by molar-refractivity contribution is 5.75. The van der Waals surface area contributed by atoms with Crippen LogP contribution in [-0.2, 0) is 4.79 Å². The molecule has 0 aromatic rings. The Kier molecular flexibility index (Phi) is 6.09. The topological polar surface area (TPSA) is 17.1 Å². The maximum atomic E-state index is 10.6. The molecule has 0 saturated heterocycles. The van der Waals surface area contributed by atoms with Crippen molar-refractivity contribution in [1.29, 1.82) is 0 Å². The van der Waals surface area contributed by atoms with Crippen LogP contribution in [0.4, 0.5) is 0 Å². The molecule has 0 aromatic heterocycles. The van der Waals surface area contributed by atoms with Crippen LogP contribution in [0.1, 0.15) is 33.1 Å². The lowest BCUT2D eigenvalue weighted by Gasteiger charge is -1.99. The van der Waals surface area contributed by atoms with Gasteiger partial charge in [0.05, 0.1) is 0 Å². The maximum absolute atomic E-state index is 10.6. The molecule has 0 aromatic carbocycles. The molecule has 66 valence electrons. The molecule has 12 heavy (non-hydrogen) atoms. The normalized spacial score (nSPS) is 11.2. The largest absolute Gasteiger partial charge is 0.300 e. The Morgan fingerprint density at radius 2 is 2.33 bits per heavy atom. The third-order valence-corrected chi connectivity index (χ3v) is 1.52. The molecular formula is C11H16O. The van der Waals surface area contributed by atoms with Crippen LogP contribution in [0, 0.1) is 17.8 Å². The van der Waals surface area contributed by atoms with E-state index < -0.39 is 0 Å². The minimum Gasteiger partial charge on any atom is -0.300 e. The van der Waals surface area contributed by atoms with E-state index in [4.69, 9.17) is 0 Å². The average molecular weight is 164 g/mol. The zero-order valence-electron chi connectivity index (χ0n) is 7.89. The monoisotopic (exact) mass is 164 g/mol. The Labute approximate surface area is 74.9 Å². The molecule has 0 bridgehead atoms. The van der Waals surface area contributed by atoms with Crippen molar-refractivity contribution in [3.8, 4) is 11.8 Å². The molecule has 0 heterocycles. The van der Waals surface area contributed by atoms with Gasteiger partial charge in [0, 0.05) is 18.8 Å². The van der Waals surface area contributed by atoms with Gasteiger partial charge in [0.2, 0.25) is 0 Å². The summed E-state index contributed by atoms with van der Waals surface area (Å²) in [6, 6.07) is 0. The Hall–Kier alpha value is -1.03. The predicted molar refractivity (Wildman–Crippen MR) is 51.7 cm³/mol. The van der Waals surface area contributed by atoms with E-state index in [1.54, 1.807) is 13.0 Å². The minimum absolute atomic E-state index is 0.243. The molecule has 0 radical (unpaired) electrons. The van der Waals surface area contributed by atoms with E-state index >= 15 is 0 Å². The molecule has 0 aliphatic carbocycles. The molecular weight excluding hydrogens is 148 g/mol. The lowest BCUT2D eigenvalue weighted by Crippen LogP contribution is -1.96. The summed E-state index contributed by atoms with van der Waals surface area (Å²) < 4.78 is 0. The van der Waals surface area contributed by atoms with E-state index in [0.717, 1.165) is 12.8 Å². The number of carbonyl (C=O) groups is 1. The summed E-state index contributed by atoms with van der Waals surface area (Å²) in [5, 5.41) is 0. The van der Waals surface area contributed by atoms with Gasteiger partial charge in [-0.05, 0) is 13.3 Å². The fraction of sp³-hybridized carbons (Fsp3) is 0.545. The second-order valence-electron chi connectivity index (χ2n) is 2.96. The number of allylic oxidation sites excluding steroid dienone is 1. The van der Waals surface area contributed by atoms with Gasteiger partial charge >= 0.3 is 0 Å². The van der Waals surface area contributed by atoms with Gasteiger partial charge in [-0.3, -0.25) is 0 Å². The molecule has 1 unspecified atom stereocenters.